The lowest BCUT2D eigenvalue weighted by Gasteiger charge is -2.35. The summed E-state index contributed by atoms with van der Waals surface area (Å²) in [7, 11) is 2.44. The molecule has 2 heterocycles. The third-order valence-electron chi connectivity index (χ3n) is 4.91. The lowest BCUT2D eigenvalue weighted by atomic mass is 10.1. The van der Waals surface area contributed by atoms with Gasteiger partial charge in [0.25, 0.3) is 0 Å². The van der Waals surface area contributed by atoms with Gasteiger partial charge in [-0.25, -0.2) is 8.42 Å². The Morgan fingerprint density at radius 3 is 2.57 bits per heavy atom. The molecule has 0 atom stereocenters. The molecule has 1 aliphatic rings. The van der Waals surface area contributed by atoms with Crippen LogP contribution < -0.4 is 5.32 Å². The van der Waals surface area contributed by atoms with Crippen LogP contribution in [0.3, 0.4) is 0 Å². The van der Waals surface area contributed by atoms with Crippen LogP contribution in [-0.2, 0) is 28.9 Å². The van der Waals surface area contributed by atoms with Crippen molar-refractivity contribution < 1.29 is 12.9 Å². The number of hydrogen-bond acceptors (Lipinski definition) is 6. The first-order valence-corrected chi connectivity index (χ1v) is 11.5. The molecule has 0 amide bonds. The fourth-order valence-electron chi connectivity index (χ4n) is 3.48. The Hall–Kier alpha value is -2.43. The molecule has 0 bridgehead atoms. The zero-order chi connectivity index (χ0) is 21.6. The van der Waals surface area contributed by atoms with Crippen LogP contribution in [-0.4, -0.2) is 81.0 Å². The summed E-state index contributed by atoms with van der Waals surface area (Å²) in [5, 5.41) is 7.10. The van der Waals surface area contributed by atoms with E-state index in [0.717, 1.165) is 12.5 Å². The molecule has 9 nitrogen and oxygen atoms in total. The van der Waals surface area contributed by atoms with E-state index in [1.165, 1.54) is 21.7 Å². The van der Waals surface area contributed by atoms with E-state index < -0.39 is 10.0 Å². The maximum absolute atomic E-state index is 12.6. The first kappa shape index (κ1) is 22.3. The minimum atomic E-state index is -3.41. The quantitative estimate of drug-likeness (QED) is 0.512. The van der Waals surface area contributed by atoms with E-state index in [9.17, 15) is 8.42 Å². The third kappa shape index (κ3) is 6.04. The van der Waals surface area contributed by atoms with Crippen molar-refractivity contribution in [1.82, 2.24) is 24.6 Å². The zero-order valence-corrected chi connectivity index (χ0v) is 18.6. The number of guanidine groups is 1. The normalized spacial score (nSPS) is 16.3. The van der Waals surface area contributed by atoms with Crippen molar-refractivity contribution in [2.24, 2.45) is 4.99 Å². The minimum Gasteiger partial charge on any atom is -0.364 e. The Morgan fingerprint density at radius 1 is 1.20 bits per heavy atom. The molecule has 0 spiro atoms. The van der Waals surface area contributed by atoms with E-state index in [4.69, 9.17) is 4.52 Å². The van der Waals surface area contributed by atoms with Crippen LogP contribution in [0.1, 0.15) is 16.8 Å². The van der Waals surface area contributed by atoms with Gasteiger partial charge in [-0.15, -0.1) is 0 Å². The number of rotatable bonds is 7. The van der Waals surface area contributed by atoms with Gasteiger partial charge in [0, 0.05) is 52.4 Å². The monoisotopic (exact) mass is 434 g/mol. The number of nitrogens with zero attached hydrogens (tertiary/aromatic N) is 5. The first-order chi connectivity index (χ1) is 14.4. The summed E-state index contributed by atoms with van der Waals surface area (Å²) < 4.78 is 31.4. The number of aliphatic imine (C=N–C) groups is 1. The molecule has 2 aromatic rings. The molecular weight excluding hydrogens is 404 g/mol. The lowest BCUT2D eigenvalue weighted by Crippen LogP contribution is -2.53. The molecule has 3 rings (SSSR count). The van der Waals surface area contributed by atoms with Crippen molar-refractivity contribution in [3.8, 4) is 0 Å². The molecule has 1 N–H and O–H groups in total. The molecular formula is C20H30N6O3S. The van der Waals surface area contributed by atoms with Gasteiger partial charge >= 0.3 is 0 Å². The summed E-state index contributed by atoms with van der Waals surface area (Å²) in [4.78, 5) is 8.61. The largest absolute Gasteiger partial charge is 0.364 e. The van der Waals surface area contributed by atoms with Gasteiger partial charge in [-0.2, -0.15) is 4.31 Å². The second-order valence-corrected chi connectivity index (χ2v) is 9.56. The molecule has 1 saturated heterocycles. The minimum absolute atomic E-state index is 0.139. The smallest absolute Gasteiger partial charge is 0.220 e. The van der Waals surface area contributed by atoms with Gasteiger partial charge < -0.3 is 19.6 Å². The van der Waals surface area contributed by atoms with Gasteiger partial charge in [-0.1, -0.05) is 29.4 Å². The van der Waals surface area contributed by atoms with Crippen LogP contribution >= 0.6 is 0 Å². The number of benzene rings is 1. The van der Waals surface area contributed by atoms with Crippen LogP contribution in [0.5, 0.6) is 0 Å². The summed E-state index contributed by atoms with van der Waals surface area (Å²) in [6, 6.07) is 10.0. The average Bonchev–Trinajstić information content (AvgIpc) is 3.21. The number of piperazine rings is 1. The van der Waals surface area contributed by atoms with Crippen LogP contribution in [0, 0.1) is 0 Å². The van der Waals surface area contributed by atoms with Gasteiger partial charge in [-0.05, 0) is 25.2 Å². The second-order valence-electron chi connectivity index (χ2n) is 7.59. The highest BCUT2D eigenvalue weighted by Gasteiger charge is 2.28. The van der Waals surface area contributed by atoms with Crippen LogP contribution in [0.4, 0.5) is 0 Å². The highest BCUT2D eigenvalue weighted by Crippen LogP contribution is 2.13. The van der Waals surface area contributed by atoms with Crippen molar-refractivity contribution in [1.29, 1.82) is 0 Å². The summed E-state index contributed by atoms with van der Waals surface area (Å²) >= 11 is 0. The van der Waals surface area contributed by atoms with E-state index in [1.54, 1.807) is 13.1 Å². The molecule has 30 heavy (non-hydrogen) atoms. The van der Waals surface area contributed by atoms with Crippen LogP contribution in [0.15, 0.2) is 46.1 Å². The summed E-state index contributed by atoms with van der Waals surface area (Å²) in [5.74, 6) is 0.640. The molecule has 1 aromatic heterocycles. The van der Waals surface area contributed by atoms with Crippen molar-refractivity contribution in [3.05, 3.63) is 53.4 Å². The maximum Gasteiger partial charge on any atom is 0.220 e. The molecule has 0 saturated carbocycles. The Balaban J connectivity index is 1.53. The third-order valence-corrected chi connectivity index (χ3v) is 6.72. The molecule has 0 radical (unpaired) electrons. The topological polar surface area (TPSA) is 94.3 Å². The average molecular weight is 435 g/mol. The molecule has 1 fully saturated rings. The van der Waals surface area contributed by atoms with Crippen molar-refractivity contribution in [2.45, 2.75) is 18.8 Å². The van der Waals surface area contributed by atoms with E-state index in [2.05, 4.69) is 63.6 Å². The highest BCUT2D eigenvalue weighted by molar-refractivity contribution is 7.88. The van der Waals surface area contributed by atoms with Crippen LogP contribution in [0.25, 0.3) is 0 Å². The molecule has 10 heteroatoms. The second kappa shape index (κ2) is 10.1. The fraction of sp³-hybridized carbons (Fsp3) is 0.500. The Kier molecular flexibility index (Phi) is 7.46. The Morgan fingerprint density at radius 2 is 1.93 bits per heavy atom. The summed E-state index contributed by atoms with van der Waals surface area (Å²) in [6.07, 6.45) is 1.38. The fourth-order valence-corrected chi connectivity index (χ4v) is 4.91. The number of hydrogen-bond donors (Lipinski definition) is 1. The predicted molar refractivity (Wildman–Crippen MR) is 116 cm³/mol. The van der Waals surface area contributed by atoms with Gasteiger partial charge in [-0.3, -0.25) is 4.99 Å². The maximum atomic E-state index is 12.6. The summed E-state index contributed by atoms with van der Waals surface area (Å²) in [5.41, 5.74) is 2.87. The van der Waals surface area contributed by atoms with Gasteiger partial charge in [0.1, 0.15) is 12.0 Å². The van der Waals surface area contributed by atoms with Crippen molar-refractivity contribution >= 4 is 16.0 Å². The molecule has 0 aliphatic carbocycles. The van der Waals surface area contributed by atoms with E-state index in [1.807, 2.05) is 0 Å². The van der Waals surface area contributed by atoms with Gasteiger partial charge in [0.2, 0.25) is 10.0 Å². The zero-order valence-electron chi connectivity index (χ0n) is 17.8. The van der Waals surface area contributed by atoms with Gasteiger partial charge in [0.05, 0.1) is 5.69 Å². The van der Waals surface area contributed by atoms with Crippen molar-refractivity contribution in [3.63, 3.8) is 0 Å². The molecule has 1 aliphatic heterocycles. The molecule has 164 valence electrons. The van der Waals surface area contributed by atoms with Gasteiger partial charge in [0.15, 0.2) is 5.96 Å². The standard InChI is InChI=1S/C20H30N6O3S/c1-21-20(22-14-17-5-4-6-18(13-17)15-24(2)3)25-8-10-26(11-9-25)30(27,28)16-19-7-12-29-23-19/h4-7,12-13H,8-11,14-16H2,1-3H3,(H,21,22). The predicted octanol–water partition coefficient (Wildman–Crippen LogP) is 0.959. The van der Waals surface area contributed by atoms with E-state index in [0.29, 0.717) is 38.4 Å². The Bertz CT molecular complexity index is 935. The van der Waals surface area contributed by atoms with Crippen LogP contribution in [0.2, 0.25) is 0 Å². The first-order valence-electron chi connectivity index (χ1n) is 9.92. The number of sulfonamides is 1. The SMILES string of the molecule is CN=C(NCc1cccc(CN(C)C)c1)N1CCN(S(=O)(=O)Cc2ccon2)CC1. The van der Waals surface area contributed by atoms with E-state index in [-0.39, 0.29) is 5.75 Å². The summed E-state index contributed by atoms with van der Waals surface area (Å²) in [6.45, 7) is 3.56. The number of nitrogens with one attached hydrogen (secondary N) is 1. The van der Waals surface area contributed by atoms with Crippen molar-refractivity contribution in [2.75, 3.05) is 47.3 Å². The molecule has 0 unspecified atom stereocenters. The molecule has 1 aromatic carbocycles. The Labute approximate surface area is 178 Å². The lowest BCUT2D eigenvalue weighted by molar-refractivity contribution is 0.259. The van der Waals surface area contributed by atoms with E-state index >= 15 is 0 Å². The highest BCUT2D eigenvalue weighted by atomic mass is 32.2. The number of aromatic nitrogens is 1.